The number of benzene rings is 1. The SMILES string of the molecule is CS(=O)(=O)c1cccnc1NCc1ccc(F)c(Cl)c1. The van der Waals surface area contributed by atoms with Gasteiger partial charge in [0.05, 0.1) is 5.02 Å². The lowest BCUT2D eigenvalue weighted by molar-refractivity contribution is 0.601. The van der Waals surface area contributed by atoms with Gasteiger partial charge in [-0.3, -0.25) is 0 Å². The van der Waals surface area contributed by atoms with Crippen molar-refractivity contribution in [3.8, 4) is 0 Å². The summed E-state index contributed by atoms with van der Waals surface area (Å²) in [6.45, 7) is 0.291. The highest BCUT2D eigenvalue weighted by Crippen LogP contribution is 2.20. The van der Waals surface area contributed by atoms with Crippen LogP contribution in [0.15, 0.2) is 41.4 Å². The second-order valence-electron chi connectivity index (χ2n) is 4.22. The van der Waals surface area contributed by atoms with Crippen LogP contribution in [0.25, 0.3) is 0 Å². The summed E-state index contributed by atoms with van der Waals surface area (Å²) in [6.07, 6.45) is 2.61. The van der Waals surface area contributed by atoms with Gasteiger partial charge in [-0.25, -0.2) is 17.8 Å². The number of hydrogen-bond donors (Lipinski definition) is 1. The summed E-state index contributed by atoms with van der Waals surface area (Å²) in [5.41, 5.74) is 0.724. The van der Waals surface area contributed by atoms with E-state index in [1.807, 2.05) is 0 Å². The summed E-state index contributed by atoms with van der Waals surface area (Å²) in [7, 11) is -3.36. The highest BCUT2D eigenvalue weighted by atomic mass is 35.5. The maximum atomic E-state index is 13.0. The van der Waals surface area contributed by atoms with E-state index in [2.05, 4.69) is 10.3 Å². The second kappa shape index (κ2) is 5.76. The third-order valence-corrected chi connectivity index (χ3v) is 4.03. The molecule has 0 radical (unpaired) electrons. The van der Waals surface area contributed by atoms with Gasteiger partial charge in [0.1, 0.15) is 16.5 Å². The van der Waals surface area contributed by atoms with E-state index < -0.39 is 15.7 Å². The van der Waals surface area contributed by atoms with Crippen LogP contribution in [0.4, 0.5) is 10.2 Å². The van der Waals surface area contributed by atoms with Gasteiger partial charge in [-0.05, 0) is 29.8 Å². The van der Waals surface area contributed by atoms with Crippen LogP contribution in [0.1, 0.15) is 5.56 Å². The van der Waals surface area contributed by atoms with E-state index in [4.69, 9.17) is 11.6 Å². The highest BCUT2D eigenvalue weighted by molar-refractivity contribution is 7.90. The van der Waals surface area contributed by atoms with Gasteiger partial charge < -0.3 is 5.32 Å². The zero-order valence-corrected chi connectivity index (χ0v) is 12.2. The van der Waals surface area contributed by atoms with Crippen LogP contribution in [0.3, 0.4) is 0 Å². The summed E-state index contributed by atoms with van der Waals surface area (Å²) in [5.74, 6) is -0.236. The highest BCUT2D eigenvalue weighted by Gasteiger charge is 2.13. The standard InChI is InChI=1S/C13H12ClFN2O2S/c1-20(18,19)12-3-2-6-16-13(12)17-8-9-4-5-11(15)10(14)7-9/h2-7H,8H2,1H3,(H,16,17). The molecule has 2 rings (SSSR count). The first-order valence-corrected chi connectivity index (χ1v) is 7.98. The maximum absolute atomic E-state index is 13.0. The Hall–Kier alpha value is -1.66. The Morgan fingerprint density at radius 1 is 1.35 bits per heavy atom. The van der Waals surface area contributed by atoms with Crippen molar-refractivity contribution in [3.05, 3.63) is 52.9 Å². The molecule has 1 aromatic heterocycles. The molecular weight excluding hydrogens is 303 g/mol. The number of anilines is 1. The van der Waals surface area contributed by atoms with Crippen LogP contribution in [-0.2, 0) is 16.4 Å². The Morgan fingerprint density at radius 2 is 2.10 bits per heavy atom. The number of rotatable bonds is 4. The number of hydrogen-bond acceptors (Lipinski definition) is 4. The number of nitrogens with zero attached hydrogens (tertiary/aromatic N) is 1. The van der Waals surface area contributed by atoms with Gasteiger partial charge in [0.2, 0.25) is 0 Å². The van der Waals surface area contributed by atoms with Crippen LogP contribution < -0.4 is 5.32 Å². The Bertz CT molecular complexity index is 735. The van der Waals surface area contributed by atoms with Crippen LogP contribution in [0, 0.1) is 5.82 Å². The smallest absolute Gasteiger partial charge is 0.179 e. The molecule has 0 atom stereocenters. The normalized spacial score (nSPS) is 11.3. The number of pyridine rings is 1. The van der Waals surface area contributed by atoms with E-state index in [1.54, 1.807) is 12.1 Å². The van der Waals surface area contributed by atoms with Crippen LogP contribution >= 0.6 is 11.6 Å². The van der Waals surface area contributed by atoms with Crippen molar-refractivity contribution in [2.45, 2.75) is 11.4 Å². The fraction of sp³-hybridized carbons (Fsp3) is 0.154. The molecule has 0 saturated carbocycles. The molecule has 1 aromatic carbocycles. The zero-order valence-electron chi connectivity index (χ0n) is 10.6. The van der Waals surface area contributed by atoms with Gasteiger partial charge >= 0.3 is 0 Å². The quantitative estimate of drug-likeness (QED) is 0.942. The molecule has 2 aromatic rings. The van der Waals surface area contributed by atoms with Crippen molar-refractivity contribution < 1.29 is 12.8 Å². The van der Waals surface area contributed by atoms with Gasteiger partial charge in [0.25, 0.3) is 0 Å². The van der Waals surface area contributed by atoms with E-state index in [0.29, 0.717) is 6.54 Å². The molecule has 20 heavy (non-hydrogen) atoms. The fourth-order valence-corrected chi connectivity index (χ4v) is 2.66. The summed E-state index contributed by atoms with van der Waals surface area (Å²) >= 11 is 5.69. The molecule has 0 aliphatic rings. The minimum Gasteiger partial charge on any atom is -0.365 e. The lowest BCUT2D eigenvalue weighted by Crippen LogP contribution is -2.08. The number of aromatic nitrogens is 1. The van der Waals surface area contributed by atoms with Crippen molar-refractivity contribution in [1.29, 1.82) is 0 Å². The molecule has 7 heteroatoms. The van der Waals surface area contributed by atoms with E-state index in [1.165, 1.54) is 24.4 Å². The molecule has 1 heterocycles. The lowest BCUT2D eigenvalue weighted by atomic mass is 10.2. The molecule has 0 aliphatic carbocycles. The minimum absolute atomic E-state index is 0.0219. The monoisotopic (exact) mass is 314 g/mol. The Morgan fingerprint density at radius 3 is 2.75 bits per heavy atom. The summed E-state index contributed by atoms with van der Waals surface area (Å²) in [4.78, 5) is 4.12. The van der Waals surface area contributed by atoms with E-state index >= 15 is 0 Å². The Kier molecular flexibility index (Phi) is 4.25. The number of nitrogens with one attached hydrogen (secondary N) is 1. The van der Waals surface area contributed by atoms with Crippen molar-refractivity contribution in [1.82, 2.24) is 4.98 Å². The third-order valence-electron chi connectivity index (χ3n) is 2.61. The van der Waals surface area contributed by atoms with Gasteiger partial charge in [0.15, 0.2) is 9.84 Å². The Labute approximate surface area is 121 Å². The van der Waals surface area contributed by atoms with Crippen LogP contribution in [-0.4, -0.2) is 19.7 Å². The van der Waals surface area contributed by atoms with Crippen molar-refractivity contribution >= 4 is 27.3 Å². The molecule has 0 spiro atoms. The first kappa shape index (κ1) is 14.7. The molecule has 106 valence electrons. The average molecular weight is 315 g/mol. The molecule has 1 N–H and O–H groups in total. The lowest BCUT2D eigenvalue weighted by Gasteiger charge is -2.09. The predicted molar refractivity (Wildman–Crippen MR) is 76.1 cm³/mol. The van der Waals surface area contributed by atoms with Gasteiger partial charge in [-0.15, -0.1) is 0 Å². The molecule has 0 amide bonds. The molecule has 4 nitrogen and oxygen atoms in total. The number of halogens is 2. The molecule has 0 aliphatic heterocycles. The van der Waals surface area contributed by atoms with E-state index in [0.717, 1.165) is 11.8 Å². The van der Waals surface area contributed by atoms with Crippen molar-refractivity contribution in [3.63, 3.8) is 0 Å². The minimum atomic E-state index is -3.36. The molecule has 0 fully saturated rings. The molecule has 0 saturated heterocycles. The topological polar surface area (TPSA) is 59.1 Å². The summed E-state index contributed by atoms with van der Waals surface area (Å²) in [6, 6.07) is 7.33. The van der Waals surface area contributed by atoms with Gasteiger partial charge in [-0.2, -0.15) is 0 Å². The zero-order chi connectivity index (χ0) is 14.8. The maximum Gasteiger partial charge on any atom is 0.179 e. The molecular formula is C13H12ClFN2O2S. The molecule has 0 unspecified atom stereocenters. The van der Waals surface area contributed by atoms with Crippen LogP contribution in [0.2, 0.25) is 5.02 Å². The van der Waals surface area contributed by atoms with Gasteiger partial charge in [-0.1, -0.05) is 17.7 Å². The molecule has 0 bridgehead atoms. The first-order chi connectivity index (χ1) is 9.38. The van der Waals surface area contributed by atoms with Crippen LogP contribution in [0.5, 0.6) is 0 Å². The third kappa shape index (κ3) is 3.46. The summed E-state index contributed by atoms with van der Waals surface area (Å²) in [5, 5.41) is 2.93. The van der Waals surface area contributed by atoms with Gasteiger partial charge in [0, 0.05) is 19.0 Å². The summed E-state index contributed by atoms with van der Waals surface area (Å²) < 4.78 is 36.3. The van der Waals surface area contributed by atoms with E-state index in [9.17, 15) is 12.8 Å². The van der Waals surface area contributed by atoms with Crippen molar-refractivity contribution in [2.75, 3.05) is 11.6 Å². The van der Waals surface area contributed by atoms with E-state index in [-0.39, 0.29) is 15.7 Å². The average Bonchev–Trinajstić information content (AvgIpc) is 2.39. The number of sulfone groups is 1. The van der Waals surface area contributed by atoms with Crippen molar-refractivity contribution in [2.24, 2.45) is 0 Å². The predicted octanol–water partition coefficient (Wildman–Crippen LogP) is 2.89. The Balaban J connectivity index is 2.21. The second-order valence-corrected chi connectivity index (χ2v) is 6.62. The largest absolute Gasteiger partial charge is 0.365 e. The first-order valence-electron chi connectivity index (χ1n) is 5.71. The fourth-order valence-electron chi connectivity index (χ4n) is 1.66.